The molecule has 0 unspecified atom stereocenters. The lowest BCUT2D eigenvalue weighted by Gasteiger charge is -2.28. The number of ketones is 1. The van der Waals surface area contributed by atoms with E-state index in [0.29, 0.717) is 35.4 Å². The van der Waals surface area contributed by atoms with Crippen LogP contribution in [0.15, 0.2) is 59.7 Å². The lowest BCUT2D eigenvalue weighted by atomic mass is 9.94. The van der Waals surface area contributed by atoms with Gasteiger partial charge < -0.3 is 0 Å². The zero-order valence-corrected chi connectivity index (χ0v) is 14.0. The summed E-state index contributed by atoms with van der Waals surface area (Å²) in [5.74, 6) is -0.886. The van der Waals surface area contributed by atoms with Gasteiger partial charge in [0.2, 0.25) is 0 Å². The van der Waals surface area contributed by atoms with Gasteiger partial charge >= 0.3 is 0 Å². The molecule has 3 rings (SSSR count). The van der Waals surface area contributed by atoms with E-state index in [0.717, 1.165) is 6.54 Å². The van der Waals surface area contributed by atoms with Gasteiger partial charge in [0.15, 0.2) is 5.78 Å². The molecule has 0 spiro atoms. The van der Waals surface area contributed by atoms with E-state index >= 15 is 0 Å². The fourth-order valence-corrected chi connectivity index (χ4v) is 2.89. The SMILES string of the molecule is CCN1C/C(=C/c2ccccc2F)C(=O)/C(=C/c2ccccc2F)C1. The first-order valence-corrected chi connectivity index (χ1v) is 8.25. The molecular formula is C21H19F2NO. The van der Waals surface area contributed by atoms with Gasteiger partial charge in [0.25, 0.3) is 0 Å². The summed E-state index contributed by atoms with van der Waals surface area (Å²) in [5.41, 5.74) is 1.80. The number of hydrogen-bond donors (Lipinski definition) is 0. The number of carbonyl (C=O) groups excluding carboxylic acids is 1. The van der Waals surface area contributed by atoms with Gasteiger partial charge in [0.1, 0.15) is 11.6 Å². The Hall–Kier alpha value is -2.59. The van der Waals surface area contributed by atoms with Crippen LogP contribution in [0.5, 0.6) is 0 Å². The Morgan fingerprint density at radius 1 is 0.880 bits per heavy atom. The molecule has 0 N–H and O–H groups in total. The van der Waals surface area contributed by atoms with E-state index in [1.54, 1.807) is 48.6 Å². The van der Waals surface area contributed by atoms with Crippen LogP contribution in [0.1, 0.15) is 18.1 Å². The summed E-state index contributed by atoms with van der Waals surface area (Å²) >= 11 is 0. The Morgan fingerprint density at radius 2 is 1.32 bits per heavy atom. The van der Waals surface area contributed by atoms with Crippen molar-refractivity contribution >= 4 is 17.9 Å². The predicted molar refractivity (Wildman–Crippen MR) is 95.9 cm³/mol. The highest BCUT2D eigenvalue weighted by atomic mass is 19.1. The molecule has 1 aliphatic heterocycles. The van der Waals surface area contributed by atoms with Gasteiger partial charge in [-0.25, -0.2) is 8.78 Å². The Morgan fingerprint density at radius 3 is 1.72 bits per heavy atom. The van der Waals surface area contributed by atoms with Crippen molar-refractivity contribution in [1.82, 2.24) is 4.90 Å². The molecule has 0 radical (unpaired) electrons. The van der Waals surface area contributed by atoms with Crippen molar-refractivity contribution < 1.29 is 13.6 Å². The maximum absolute atomic E-state index is 13.9. The summed E-state index contributed by atoms with van der Waals surface area (Å²) in [5, 5.41) is 0. The summed E-state index contributed by atoms with van der Waals surface area (Å²) in [6.45, 7) is 3.66. The fourth-order valence-electron chi connectivity index (χ4n) is 2.89. The van der Waals surface area contributed by atoms with Crippen molar-refractivity contribution in [1.29, 1.82) is 0 Å². The lowest BCUT2D eigenvalue weighted by molar-refractivity contribution is -0.113. The molecule has 4 heteroatoms. The van der Waals surface area contributed by atoms with Crippen molar-refractivity contribution in [2.75, 3.05) is 19.6 Å². The number of carbonyl (C=O) groups is 1. The van der Waals surface area contributed by atoms with Crippen molar-refractivity contribution in [2.24, 2.45) is 0 Å². The van der Waals surface area contributed by atoms with Crippen molar-refractivity contribution in [3.63, 3.8) is 0 Å². The molecule has 1 heterocycles. The third kappa shape index (κ3) is 3.91. The molecule has 25 heavy (non-hydrogen) atoms. The molecule has 2 aromatic carbocycles. The molecule has 1 saturated heterocycles. The second kappa shape index (κ2) is 7.53. The maximum Gasteiger partial charge on any atom is 0.187 e. The highest BCUT2D eigenvalue weighted by Gasteiger charge is 2.25. The average Bonchev–Trinajstić information content (AvgIpc) is 2.62. The van der Waals surface area contributed by atoms with E-state index in [-0.39, 0.29) is 17.4 Å². The summed E-state index contributed by atoms with van der Waals surface area (Å²) in [7, 11) is 0. The summed E-state index contributed by atoms with van der Waals surface area (Å²) < 4.78 is 27.8. The van der Waals surface area contributed by atoms with Crippen molar-refractivity contribution in [3.8, 4) is 0 Å². The zero-order valence-electron chi connectivity index (χ0n) is 14.0. The maximum atomic E-state index is 13.9. The molecule has 0 bridgehead atoms. The molecule has 2 nitrogen and oxygen atoms in total. The number of rotatable bonds is 3. The van der Waals surface area contributed by atoms with E-state index in [4.69, 9.17) is 0 Å². The van der Waals surface area contributed by atoms with Crippen LogP contribution in [0, 0.1) is 11.6 Å². The predicted octanol–water partition coefficient (Wildman–Crippen LogP) is 4.34. The third-order valence-electron chi connectivity index (χ3n) is 4.29. The first-order valence-electron chi connectivity index (χ1n) is 8.25. The Kier molecular flexibility index (Phi) is 5.19. The van der Waals surface area contributed by atoms with Gasteiger partial charge in [-0.3, -0.25) is 9.69 Å². The van der Waals surface area contributed by atoms with Crippen molar-refractivity contribution in [3.05, 3.63) is 82.4 Å². The minimum absolute atomic E-state index is 0.156. The monoisotopic (exact) mass is 339 g/mol. The number of benzene rings is 2. The molecule has 0 atom stereocenters. The van der Waals surface area contributed by atoms with Crippen LogP contribution < -0.4 is 0 Å². The van der Waals surface area contributed by atoms with E-state index in [2.05, 4.69) is 4.90 Å². The standard InChI is InChI=1S/C21H19F2NO/c1-2-24-13-17(11-15-7-3-5-9-19(15)22)21(25)18(14-24)12-16-8-4-6-10-20(16)23/h3-12H,2,13-14H2,1H3/b17-11-,18-12+. The van der Waals surface area contributed by atoms with E-state index in [9.17, 15) is 13.6 Å². The topological polar surface area (TPSA) is 20.3 Å². The fraction of sp³-hybridized carbons (Fsp3) is 0.190. The van der Waals surface area contributed by atoms with Crippen LogP contribution in [0.2, 0.25) is 0 Å². The lowest BCUT2D eigenvalue weighted by Crippen LogP contribution is -2.37. The Bertz CT molecular complexity index is 787. The summed E-state index contributed by atoms with van der Waals surface area (Å²) in [6.07, 6.45) is 3.18. The van der Waals surface area contributed by atoms with E-state index in [1.807, 2.05) is 6.92 Å². The number of hydrogen-bond acceptors (Lipinski definition) is 2. The second-order valence-corrected chi connectivity index (χ2v) is 6.01. The highest BCUT2D eigenvalue weighted by Crippen LogP contribution is 2.23. The smallest absolute Gasteiger partial charge is 0.187 e. The molecule has 0 saturated carbocycles. The number of halogens is 2. The normalized spacial score (nSPS) is 18.9. The van der Waals surface area contributed by atoms with Gasteiger partial charge in [0, 0.05) is 35.4 Å². The molecule has 0 amide bonds. The van der Waals surface area contributed by atoms with Gasteiger partial charge in [-0.15, -0.1) is 0 Å². The zero-order chi connectivity index (χ0) is 17.8. The van der Waals surface area contributed by atoms with E-state index in [1.165, 1.54) is 12.1 Å². The first-order chi connectivity index (χ1) is 12.1. The van der Waals surface area contributed by atoms with Crippen LogP contribution in [-0.2, 0) is 4.79 Å². The van der Waals surface area contributed by atoms with Gasteiger partial charge in [0.05, 0.1) is 0 Å². The number of Topliss-reactive ketones (excluding diaryl/α,β-unsaturated/α-hetero) is 1. The van der Waals surface area contributed by atoms with Gasteiger partial charge in [-0.1, -0.05) is 43.3 Å². The first kappa shape index (κ1) is 17.2. The average molecular weight is 339 g/mol. The third-order valence-corrected chi connectivity index (χ3v) is 4.29. The van der Waals surface area contributed by atoms with Crippen LogP contribution in [-0.4, -0.2) is 30.3 Å². The number of nitrogens with zero attached hydrogens (tertiary/aromatic N) is 1. The second-order valence-electron chi connectivity index (χ2n) is 6.01. The number of piperidine rings is 1. The molecule has 1 aliphatic rings. The minimum atomic E-state index is -0.365. The van der Waals surface area contributed by atoms with E-state index < -0.39 is 0 Å². The van der Waals surface area contributed by atoms with Crippen molar-refractivity contribution in [2.45, 2.75) is 6.92 Å². The molecule has 0 aromatic heterocycles. The molecular weight excluding hydrogens is 320 g/mol. The van der Waals surface area contributed by atoms with Crippen LogP contribution in [0.25, 0.3) is 12.2 Å². The van der Waals surface area contributed by atoms with Gasteiger partial charge in [-0.05, 0) is 30.8 Å². The molecule has 0 aliphatic carbocycles. The Labute approximate surface area is 146 Å². The van der Waals surface area contributed by atoms with Crippen LogP contribution in [0.4, 0.5) is 8.78 Å². The molecule has 1 fully saturated rings. The molecule has 128 valence electrons. The number of likely N-dealkylation sites (N-methyl/N-ethyl adjacent to an activating group) is 1. The van der Waals surface area contributed by atoms with Crippen LogP contribution in [0.3, 0.4) is 0 Å². The number of likely N-dealkylation sites (tertiary alicyclic amines) is 1. The molecule has 2 aromatic rings. The quantitative estimate of drug-likeness (QED) is 0.776. The van der Waals surface area contributed by atoms with Gasteiger partial charge in [-0.2, -0.15) is 0 Å². The van der Waals surface area contributed by atoms with Crippen LogP contribution >= 0.6 is 0 Å². The largest absolute Gasteiger partial charge is 0.295 e. The highest BCUT2D eigenvalue weighted by molar-refractivity contribution is 6.14. The summed E-state index contributed by atoms with van der Waals surface area (Å²) in [6, 6.07) is 12.7. The summed E-state index contributed by atoms with van der Waals surface area (Å²) in [4.78, 5) is 14.9. The Balaban J connectivity index is 2.00. The minimum Gasteiger partial charge on any atom is -0.295 e.